The number of carbonyl (C=O) groups excluding carboxylic acids is 1. The van der Waals surface area contributed by atoms with E-state index >= 15 is 0 Å². The van der Waals surface area contributed by atoms with Crippen molar-refractivity contribution in [3.05, 3.63) is 51.8 Å². The van der Waals surface area contributed by atoms with Gasteiger partial charge in [0, 0.05) is 29.2 Å². The smallest absolute Gasteiger partial charge is 0.271 e. The van der Waals surface area contributed by atoms with Crippen LogP contribution in [0, 0.1) is 13.8 Å². The molecule has 23 heavy (non-hydrogen) atoms. The van der Waals surface area contributed by atoms with Gasteiger partial charge in [-0.1, -0.05) is 15.9 Å². The van der Waals surface area contributed by atoms with Crippen molar-refractivity contribution in [3.8, 4) is 5.75 Å². The van der Waals surface area contributed by atoms with Crippen molar-refractivity contribution in [2.45, 2.75) is 38.8 Å². The van der Waals surface area contributed by atoms with Crippen molar-refractivity contribution >= 4 is 27.5 Å². The Kier molecular flexibility index (Phi) is 3.23. The number of pyridine rings is 1. The highest BCUT2D eigenvalue weighted by Crippen LogP contribution is 2.50. The monoisotopic (exact) mass is 372 g/mol. The molecular formula is C18H17BrN2O2. The van der Waals surface area contributed by atoms with Crippen LogP contribution in [0.15, 0.2) is 34.9 Å². The zero-order valence-corrected chi connectivity index (χ0v) is 14.7. The van der Waals surface area contributed by atoms with Gasteiger partial charge in [0.2, 0.25) is 0 Å². The SMILES string of the molecule is Cc1ccnc(C)c1CN1C(=O)C2(CC2)Oc2ccc(Br)cc21. The molecule has 118 valence electrons. The second-order valence-electron chi connectivity index (χ2n) is 6.29. The van der Waals surface area contributed by atoms with Crippen LogP contribution in [0.3, 0.4) is 0 Å². The Hall–Kier alpha value is -1.88. The van der Waals surface area contributed by atoms with Gasteiger partial charge in [-0.2, -0.15) is 0 Å². The van der Waals surface area contributed by atoms with Crippen molar-refractivity contribution in [2.24, 2.45) is 0 Å². The maximum Gasteiger partial charge on any atom is 0.271 e. The van der Waals surface area contributed by atoms with Crippen molar-refractivity contribution in [3.63, 3.8) is 0 Å². The Bertz CT molecular complexity index is 794. The summed E-state index contributed by atoms with van der Waals surface area (Å²) in [6, 6.07) is 7.82. The van der Waals surface area contributed by atoms with Crippen LogP contribution >= 0.6 is 15.9 Å². The fourth-order valence-corrected chi connectivity index (χ4v) is 3.45. The fraction of sp³-hybridized carbons (Fsp3) is 0.333. The first-order valence-electron chi connectivity index (χ1n) is 7.72. The standard InChI is InChI=1S/C18H17BrN2O2/c1-11-5-8-20-12(2)14(11)10-21-15-9-13(19)3-4-16(15)23-18(6-7-18)17(21)22/h3-5,8-9H,6-7,10H2,1-2H3. The molecule has 0 unspecified atom stereocenters. The van der Waals surface area contributed by atoms with Gasteiger partial charge >= 0.3 is 0 Å². The third-order valence-electron chi connectivity index (χ3n) is 4.68. The van der Waals surface area contributed by atoms with Crippen LogP contribution in [0.5, 0.6) is 5.75 Å². The van der Waals surface area contributed by atoms with Crippen LogP contribution in [0.25, 0.3) is 0 Å². The van der Waals surface area contributed by atoms with E-state index in [-0.39, 0.29) is 5.91 Å². The predicted molar refractivity (Wildman–Crippen MR) is 91.6 cm³/mol. The molecule has 1 aromatic heterocycles. The molecule has 0 radical (unpaired) electrons. The molecule has 4 nitrogen and oxygen atoms in total. The van der Waals surface area contributed by atoms with Crippen LogP contribution in [0.4, 0.5) is 5.69 Å². The second-order valence-corrected chi connectivity index (χ2v) is 7.21. The van der Waals surface area contributed by atoms with Gasteiger partial charge in [-0.25, -0.2) is 0 Å². The number of benzene rings is 1. The number of hydrogen-bond donors (Lipinski definition) is 0. The van der Waals surface area contributed by atoms with Crippen molar-refractivity contribution in [2.75, 3.05) is 4.90 Å². The molecule has 2 aliphatic rings. The largest absolute Gasteiger partial charge is 0.475 e. The number of halogens is 1. The van der Waals surface area contributed by atoms with E-state index < -0.39 is 5.60 Å². The summed E-state index contributed by atoms with van der Waals surface area (Å²) in [7, 11) is 0. The molecule has 4 rings (SSSR count). The lowest BCUT2D eigenvalue weighted by molar-refractivity contribution is -0.128. The summed E-state index contributed by atoms with van der Waals surface area (Å²) in [5, 5.41) is 0. The van der Waals surface area contributed by atoms with Crippen molar-refractivity contribution in [1.82, 2.24) is 4.98 Å². The number of ether oxygens (including phenoxy) is 1. The molecular weight excluding hydrogens is 356 g/mol. The highest BCUT2D eigenvalue weighted by atomic mass is 79.9. The molecule has 1 fully saturated rings. The number of aromatic nitrogens is 1. The van der Waals surface area contributed by atoms with E-state index in [9.17, 15) is 4.79 Å². The van der Waals surface area contributed by atoms with E-state index in [1.165, 1.54) is 0 Å². The number of rotatable bonds is 2. The maximum absolute atomic E-state index is 13.0. The molecule has 1 spiro atoms. The Labute approximate surface area is 143 Å². The van der Waals surface area contributed by atoms with Gasteiger partial charge < -0.3 is 9.64 Å². The third kappa shape index (κ3) is 2.34. The number of carbonyl (C=O) groups is 1. The van der Waals surface area contributed by atoms with E-state index in [1.54, 1.807) is 0 Å². The minimum Gasteiger partial charge on any atom is -0.475 e. The van der Waals surface area contributed by atoms with E-state index in [4.69, 9.17) is 4.74 Å². The number of aryl methyl sites for hydroxylation is 2. The summed E-state index contributed by atoms with van der Waals surface area (Å²) < 4.78 is 6.93. The maximum atomic E-state index is 13.0. The number of fused-ring (bicyclic) bond motifs is 1. The predicted octanol–water partition coefficient (Wildman–Crippen LogP) is 3.92. The first kappa shape index (κ1) is 14.7. The summed E-state index contributed by atoms with van der Waals surface area (Å²) in [5.74, 6) is 0.843. The molecule has 1 amide bonds. The van der Waals surface area contributed by atoms with Gasteiger partial charge in [0.25, 0.3) is 5.91 Å². The fourth-order valence-electron chi connectivity index (χ4n) is 3.11. The van der Waals surface area contributed by atoms with E-state index in [0.29, 0.717) is 6.54 Å². The second kappa shape index (κ2) is 5.06. The van der Waals surface area contributed by atoms with Crippen molar-refractivity contribution < 1.29 is 9.53 Å². The number of anilines is 1. The van der Waals surface area contributed by atoms with Crippen LogP contribution in [0.2, 0.25) is 0 Å². The number of amides is 1. The van der Waals surface area contributed by atoms with Crippen LogP contribution in [0.1, 0.15) is 29.7 Å². The summed E-state index contributed by atoms with van der Waals surface area (Å²) in [4.78, 5) is 19.2. The Morgan fingerprint density at radius 1 is 1.30 bits per heavy atom. The van der Waals surface area contributed by atoms with E-state index in [2.05, 4.69) is 27.8 Å². The Morgan fingerprint density at radius 2 is 2.09 bits per heavy atom. The lowest BCUT2D eigenvalue weighted by Crippen LogP contribution is -2.47. The van der Waals surface area contributed by atoms with Gasteiger partial charge in [0.1, 0.15) is 5.75 Å². The summed E-state index contributed by atoms with van der Waals surface area (Å²) >= 11 is 3.49. The molecule has 2 aromatic rings. The van der Waals surface area contributed by atoms with Gasteiger partial charge in [-0.3, -0.25) is 9.78 Å². The van der Waals surface area contributed by atoms with E-state index in [1.807, 2.05) is 42.3 Å². The molecule has 1 aromatic carbocycles. The molecule has 0 bridgehead atoms. The first-order chi connectivity index (χ1) is 11.0. The molecule has 1 aliphatic heterocycles. The van der Waals surface area contributed by atoms with Crippen LogP contribution in [-0.4, -0.2) is 16.5 Å². The Balaban J connectivity index is 1.80. The third-order valence-corrected chi connectivity index (χ3v) is 5.17. The highest BCUT2D eigenvalue weighted by Gasteiger charge is 2.57. The lowest BCUT2D eigenvalue weighted by Gasteiger charge is -2.35. The molecule has 0 atom stereocenters. The summed E-state index contributed by atoms with van der Waals surface area (Å²) in [6.07, 6.45) is 3.40. The van der Waals surface area contributed by atoms with Crippen LogP contribution in [-0.2, 0) is 11.3 Å². The average Bonchev–Trinajstić information content (AvgIpc) is 3.28. The van der Waals surface area contributed by atoms with Gasteiger partial charge in [-0.05, 0) is 49.2 Å². The van der Waals surface area contributed by atoms with E-state index in [0.717, 1.165) is 45.6 Å². The highest BCUT2D eigenvalue weighted by molar-refractivity contribution is 9.10. The lowest BCUT2D eigenvalue weighted by atomic mass is 10.1. The zero-order valence-electron chi connectivity index (χ0n) is 13.1. The minimum atomic E-state index is -0.634. The quantitative estimate of drug-likeness (QED) is 0.802. The summed E-state index contributed by atoms with van der Waals surface area (Å²) in [5.41, 5.74) is 3.41. The van der Waals surface area contributed by atoms with Crippen molar-refractivity contribution in [1.29, 1.82) is 0 Å². The Morgan fingerprint density at radius 3 is 2.78 bits per heavy atom. The van der Waals surface area contributed by atoms with Crippen LogP contribution < -0.4 is 9.64 Å². The van der Waals surface area contributed by atoms with Gasteiger partial charge in [-0.15, -0.1) is 0 Å². The average molecular weight is 373 g/mol. The molecule has 0 N–H and O–H groups in total. The topological polar surface area (TPSA) is 42.4 Å². The molecule has 1 aliphatic carbocycles. The molecule has 1 saturated carbocycles. The first-order valence-corrected chi connectivity index (χ1v) is 8.51. The number of nitrogens with zero attached hydrogens (tertiary/aromatic N) is 2. The number of hydrogen-bond acceptors (Lipinski definition) is 3. The zero-order chi connectivity index (χ0) is 16.2. The molecule has 0 saturated heterocycles. The summed E-state index contributed by atoms with van der Waals surface area (Å²) in [6.45, 7) is 4.57. The van der Waals surface area contributed by atoms with Gasteiger partial charge in [0.05, 0.1) is 12.2 Å². The normalized spacial score (nSPS) is 17.9. The molecule has 2 heterocycles. The minimum absolute atomic E-state index is 0.0609. The van der Waals surface area contributed by atoms with Gasteiger partial charge in [0.15, 0.2) is 5.60 Å². The molecule has 5 heteroatoms.